The lowest BCUT2D eigenvalue weighted by atomic mass is 10.1. The van der Waals surface area contributed by atoms with Gasteiger partial charge < -0.3 is 5.32 Å². The van der Waals surface area contributed by atoms with Gasteiger partial charge in [0.15, 0.2) is 0 Å². The van der Waals surface area contributed by atoms with E-state index in [4.69, 9.17) is 5.26 Å². The van der Waals surface area contributed by atoms with Crippen molar-refractivity contribution in [1.82, 2.24) is 0 Å². The molecule has 0 radical (unpaired) electrons. The third-order valence-electron chi connectivity index (χ3n) is 2.69. The first-order valence-electron chi connectivity index (χ1n) is 5.76. The van der Waals surface area contributed by atoms with Crippen LogP contribution in [0.2, 0.25) is 0 Å². The minimum atomic E-state index is -0.633. The van der Waals surface area contributed by atoms with Crippen LogP contribution < -0.4 is 5.32 Å². The second kappa shape index (κ2) is 5.79. The van der Waals surface area contributed by atoms with Crippen molar-refractivity contribution in [1.29, 1.82) is 5.26 Å². The SMILES string of the molecule is N#Cc1cc([N+](=O)[O-])ccc1NC(=O)c1ccc(F)cc1. The summed E-state index contributed by atoms with van der Waals surface area (Å²) in [7, 11) is 0. The Morgan fingerprint density at radius 3 is 2.48 bits per heavy atom. The Bertz CT molecular complexity index is 751. The van der Waals surface area contributed by atoms with Crippen molar-refractivity contribution in [3.63, 3.8) is 0 Å². The molecule has 0 aliphatic rings. The minimum Gasteiger partial charge on any atom is -0.321 e. The van der Waals surface area contributed by atoms with Crippen molar-refractivity contribution in [2.45, 2.75) is 0 Å². The van der Waals surface area contributed by atoms with E-state index in [0.29, 0.717) is 0 Å². The maximum atomic E-state index is 12.8. The Labute approximate surface area is 118 Å². The molecule has 0 saturated carbocycles. The summed E-state index contributed by atoms with van der Waals surface area (Å²) in [5, 5.41) is 22.1. The summed E-state index contributed by atoms with van der Waals surface area (Å²) in [6.07, 6.45) is 0. The van der Waals surface area contributed by atoms with Gasteiger partial charge in [0.1, 0.15) is 11.9 Å². The van der Waals surface area contributed by atoms with Crippen LogP contribution in [0.25, 0.3) is 0 Å². The summed E-state index contributed by atoms with van der Waals surface area (Å²) >= 11 is 0. The Morgan fingerprint density at radius 2 is 1.90 bits per heavy atom. The number of anilines is 1. The predicted octanol–water partition coefficient (Wildman–Crippen LogP) is 2.86. The zero-order valence-electron chi connectivity index (χ0n) is 10.5. The number of rotatable bonds is 3. The first-order valence-corrected chi connectivity index (χ1v) is 5.76. The molecule has 104 valence electrons. The summed E-state index contributed by atoms with van der Waals surface area (Å²) in [5.41, 5.74) is 0.0852. The fraction of sp³-hybridized carbons (Fsp3) is 0. The van der Waals surface area contributed by atoms with Crippen LogP contribution in [-0.2, 0) is 0 Å². The molecular formula is C14H8FN3O3. The number of carbonyl (C=O) groups is 1. The van der Waals surface area contributed by atoms with Crippen molar-refractivity contribution >= 4 is 17.3 Å². The molecule has 0 heterocycles. The molecule has 21 heavy (non-hydrogen) atoms. The van der Waals surface area contributed by atoms with Crippen LogP contribution in [-0.4, -0.2) is 10.8 Å². The van der Waals surface area contributed by atoms with E-state index in [1.54, 1.807) is 6.07 Å². The number of benzene rings is 2. The van der Waals surface area contributed by atoms with Crippen LogP contribution in [0.4, 0.5) is 15.8 Å². The third-order valence-corrected chi connectivity index (χ3v) is 2.69. The minimum absolute atomic E-state index is 0.0281. The number of nitro groups is 1. The van der Waals surface area contributed by atoms with Gasteiger partial charge in [-0.15, -0.1) is 0 Å². The average Bonchev–Trinajstić information content (AvgIpc) is 2.48. The van der Waals surface area contributed by atoms with Crippen LogP contribution in [0.15, 0.2) is 42.5 Å². The summed E-state index contributed by atoms with van der Waals surface area (Å²) in [6, 6.07) is 10.2. The third kappa shape index (κ3) is 3.19. The van der Waals surface area contributed by atoms with E-state index in [0.717, 1.165) is 18.2 Å². The molecule has 0 unspecified atom stereocenters. The number of nitro benzene ring substituents is 1. The summed E-state index contributed by atoms with van der Waals surface area (Å²) < 4.78 is 12.8. The summed E-state index contributed by atoms with van der Waals surface area (Å²) in [5.74, 6) is -1.01. The Hall–Kier alpha value is -3.27. The Morgan fingerprint density at radius 1 is 1.24 bits per heavy atom. The van der Waals surface area contributed by atoms with Gasteiger partial charge in [-0.05, 0) is 30.3 Å². The first-order chi connectivity index (χ1) is 10.0. The van der Waals surface area contributed by atoms with E-state index >= 15 is 0 Å². The van der Waals surface area contributed by atoms with Gasteiger partial charge in [-0.2, -0.15) is 5.26 Å². The molecule has 0 aromatic heterocycles. The highest BCUT2D eigenvalue weighted by Gasteiger charge is 2.13. The molecule has 2 aromatic rings. The van der Waals surface area contributed by atoms with Crippen LogP contribution in [0.1, 0.15) is 15.9 Å². The Kier molecular flexibility index (Phi) is 3.90. The summed E-state index contributed by atoms with van der Waals surface area (Å²) in [4.78, 5) is 21.9. The van der Waals surface area contributed by atoms with Crippen molar-refractivity contribution in [2.24, 2.45) is 0 Å². The molecule has 6 nitrogen and oxygen atoms in total. The van der Waals surface area contributed by atoms with Gasteiger partial charge in [0.2, 0.25) is 0 Å². The molecule has 0 saturated heterocycles. The van der Waals surface area contributed by atoms with E-state index in [2.05, 4.69) is 5.32 Å². The molecule has 2 rings (SSSR count). The predicted molar refractivity (Wildman–Crippen MR) is 72.2 cm³/mol. The monoisotopic (exact) mass is 285 g/mol. The largest absolute Gasteiger partial charge is 0.321 e. The van der Waals surface area contributed by atoms with Crippen LogP contribution in [0.5, 0.6) is 0 Å². The maximum Gasteiger partial charge on any atom is 0.270 e. The van der Waals surface area contributed by atoms with Crippen LogP contribution in [0.3, 0.4) is 0 Å². The highest BCUT2D eigenvalue weighted by atomic mass is 19.1. The molecule has 0 bridgehead atoms. The second-order valence-corrected chi connectivity index (χ2v) is 4.06. The smallest absolute Gasteiger partial charge is 0.270 e. The standard InChI is InChI=1S/C14H8FN3O3/c15-11-3-1-9(2-4-11)14(19)17-13-6-5-12(18(20)21)7-10(13)8-16/h1-7H,(H,17,19). The van der Waals surface area contributed by atoms with Gasteiger partial charge in [0.05, 0.1) is 16.2 Å². The van der Waals surface area contributed by atoms with Gasteiger partial charge >= 0.3 is 0 Å². The molecular weight excluding hydrogens is 277 g/mol. The highest BCUT2D eigenvalue weighted by molar-refractivity contribution is 6.04. The van der Waals surface area contributed by atoms with Crippen LogP contribution >= 0.6 is 0 Å². The van der Waals surface area contributed by atoms with E-state index in [1.165, 1.54) is 24.3 Å². The number of halogens is 1. The van der Waals surface area contributed by atoms with Crippen molar-refractivity contribution in [3.05, 3.63) is 69.5 Å². The zero-order chi connectivity index (χ0) is 15.4. The van der Waals surface area contributed by atoms with E-state index in [9.17, 15) is 19.3 Å². The number of hydrogen-bond donors (Lipinski definition) is 1. The molecule has 7 heteroatoms. The topological polar surface area (TPSA) is 96.0 Å². The molecule has 1 amide bonds. The van der Waals surface area contributed by atoms with Gasteiger partial charge in [-0.1, -0.05) is 0 Å². The van der Waals surface area contributed by atoms with Gasteiger partial charge in [-0.3, -0.25) is 14.9 Å². The average molecular weight is 285 g/mol. The molecule has 0 aliphatic carbocycles. The normalized spacial score (nSPS) is 9.71. The maximum absolute atomic E-state index is 12.8. The number of nitrogens with one attached hydrogen (secondary N) is 1. The lowest BCUT2D eigenvalue weighted by Crippen LogP contribution is -2.13. The van der Waals surface area contributed by atoms with E-state index < -0.39 is 16.6 Å². The Balaban J connectivity index is 2.27. The lowest BCUT2D eigenvalue weighted by Gasteiger charge is -2.07. The van der Waals surface area contributed by atoms with Crippen molar-refractivity contribution < 1.29 is 14.1 Å². The molecule has 0 fully saturated rings. The fourth-order valence-electron chi connectivity index (χ4n) is 1.64. The second-order valence-electron chi connectivity index (χ2n) is 4.06. The quantitative estimate of drug-likeness (QED) is 0.692. The number of amides is 1. The van der Waals surface area contributed by atoms with Gasteiger partial charge in [-0.25, -0.2) is 4.39 Å². The highest BCUT2D eigenvalue weighted by Crippen LogP contribution is 2.22. The van der Waals surface area contributed by atoms with Crippen molar-refractivity contribution in [2.75, 3.05) is 5.32 Å². The fourth-order valence-corrected chi connectivity index (χ4v) is 1.64. The molecule has 1 N–H and O–H groups in total. The number of non-ortho nitro benzene ring substituents is 1. The number of nitrogens with zero attached hydrogens (tertiary/aromatic N) is 2. The summed E-state index contributed by atoms with van der Waals surface area (Å²) in [6.45, 7) is 0. The lowest BCUT2D eigenvalue weighted by molar-refractivity contribution is -0.384. The first kappa shape index (κ1) is 14.1. The number of nitriles is 1. The van der Waals surface area contributed by atoms with E-state index in [-0.39, 0.29) is 22.5 Å². The molecule has 2 aromatic carbocycles. The molecule has 0 aliphatic heterocycles. The van der Waals surface area contributed by atoms with Crippen LogP contribution in [0, 0.1) is 27.3 Å². The number of carbonyl (C=O) groups excluding carboxylic acids is 1. The van der Waals surface area contributed by atoms with E-state index in [1.807, 2.05) is 0 Å². The van der Waals surface area contributed by atoms with Gasteiger partial charge in [0.25, 0.3) is 11.6 Å². The molecule has 0 atom stereocenters. The molecule has 0 spiro atoms. The van der Waals surface area contributed by atoms with Gasteiger partial charge in [0, 0.05) is 17.7 Å². The zero-order valence-corrected chi connectivity index (χ0v) is 10.5. The van der Waals surface area contributed by atoms with Crippen molar-refractivity contribution in [3.8, 4) is 6.07 Å². The number of hydrogen-bond acceptors (Lipinski definition) is 4.